The van der Waals surface area contributed by atoms with Gasteiger partial charge in [-0.15, -0.1) is 0 Å². The van der Waals surface area contributed by atoms with Gasteiger partial charge in [-0.25, -0.2) is 4.98 Å². The lowest BCUT2D eigenvalue weighted by Gasteiger charge is -2.47. The molecular weight excluding hydrogens is 476 g/mol. The number of rotatable bonds is 7. The zero-order valence-electron chi connectivity index (χ0n) is 21.9. The molecule has 0 saturated heterocycles. The van der Waals surface area contributed by atoms with Crippen molar-refractivity contribution in [3.8, 4) is 28.7 Å². The Morgan fingerprint density at radius 1 is 0.865 bits per heavy atom. The summed E-state index contributed by atoms with van der Waals surface area (Å²) >= 11 is 5.99. The Kier molecular flexibility index (Phi) is 7.89. The molecular formula is C33H37ClN2O. The molecule has 0 unspecified atom stereocenters. The van der Waals surface area contributed by atoms with Gasteiger partial charge < -0.3 is 10.5 Å². The molecule has 5 rings (SSSR count). The standard InChI is InChI=1S/C33H37ClN2O/c1-25-22-26(6-13-30-14-10-28(23-36-30)27-8-11-29(34)12-9-27)7-15-31(25)37-21-20-32(16-2-3-17-32)33(24-35)18-4-5-19-33/h7-12,14-15,22-23H,2-5,16-21,24,35H2,1H3. The molecule has 0 radical (unpaired) electrons. The van der Waals surface area contributed by atoms with Crippen LogP contribution in [0.2, 0.25) is 5.02 Å². The lowest BCUT2D eigenvalue weighted by atomic mass is 9.59. The molecule has 2 saturated carbocycles. The maximum atomic E-state index is 6.40. The Labute approximate surface area is 226 Å². The predicted octanol–water partition coefficient (Wildman–Crippen LogP) is 7.96. The maximum Gasteiger partial charge on any atom is 0.122 e. The van der Waals surface area contributed by atoms with Gasteiger partial charge in [-0.05, 0) is 110 Å². The average molecular weight is 513 g/mol. The maximum absolute atomic E-state index is 6.40. The summed E-state index contributed by atoms with van der Waals surface area (Å²) in [6.45, 7) is 3.69. The summed E-state index contributed by atoms with van der Waals surface area (Å²) in [4.78, 5) is 4.52. The number of hydrogen-bond acceptors (Lipinski definition) is 3. The predicted molar refractivity (Wildman–Crippen MR) is 153 cm³/mol. The van der Waals surface area contributed by atoms with Crippen LogP contribution in [0.3, 0.4) is 0 Å². The lowest BCUT2D eigenvalue weighted by molar-refractivity contribution is 0.0278. The minimum atomic E-state index is 0.336. The monoisotopic (exact) mass is 512 g/mol. The number of nitrogens with two attached hydrogens (primary N) is 1. The second-order valence-corrected chi connectivity index (χ2v) is 11.4. The first-order chi connectivity index (χ1) is 18.0. The SMILES string of the molecule is Cc1cc(C#Cc2ccc(-c3ccc(Cl)cc3)cn2)ccc1OCCC1(C2(CN)CCCC2)CCCC1. The van der Waals surface area contributed by atoms with Crippen LogP contribution in [0.25, 0.3) is 11.1 Å². The van der Waals surface area contributed by atoms with Gasteiger partial charge in [-0.3, -0.25) is 0 Å². The van der Waals surface area contributed by atoms with E-state index in [4.69, 9.17) is 22.1 Å². The molecule has 0 atom stereocenters. The third kappa shape index (κ3) is 5.57. The molecule has 3 aromatic rings. The summed E-state index contributed by atoms with van der Waals surface area (Å²) in [6.07, 6.45) is 13.6. The third-order valence-electron chi connectivity index (χ3n) is 8.93. The van der Waals surface area contributed by atoms with Crippen LogP contribution in [0.1, 0.15) is 74.6 Å². The number of hydrogen-bond donors (Lipinski definition) is 1. The second-order valence-electron chi connectivity index (χ2n) is 10.9. The van der Waals surface area contributed by atoms with Crippen LogP contribution in [-0.2, 0) is 0 Å². The number of ether oxygens (including phenoxy) is 1. The van der Waals surface area contributed by atoms with Crippen LogP contribution >= 0.6 is 11.6 Å². The van der Waals surface area contributed by atoms with Crippen molar-refractivity contribution in [2.24, 2.45) is 16.6 Å². The molecule has 1 heterocycles. The smallest absolute Gasteiger partial charge is 0.122 e. The minimum Gasteiger partial charge on any atom is -0.493 e. The van der Waals surface area contributed by atoms with Crippen molar-refractivity contribution in [2.45, 2.75) is 64.7 Å². The minimum absolute atomic E-state index is 0.336. The fraction of sp³-hybridized carbons (Fsp3) is 0.424. The van der Waals surface area contributed by atoms with Gasteiger partial charge in [-0.2, -0.15) is 0 Å². The zero-order valence-corrected chi connectivity index (χ0v) is 22.6. The summed E-state index contributed by atoms with van der Waals surface area (Å²) < 4.78 is 6.34. The fourth-order valence-corrected chi connectivity index (χ4v) is 6.89. The Balaban J connectivity index is 1.21. The molecule has 2 aromatic carbocycles. The van der Waals surface area contributed by atoms with Crippen molar-refractivity contribution in [1.29, 1.82) is 0 Å². The summed E-state index contributed by atoms with van der Waals surface area (Å²) in [6, 6.07) is 18.0. The van der Waals surface area contributed by atoms with Gasteiger partial charge in [0.15, 0.2) is 0 Å². The van der Waals surface area contributed by atoms with E-state index in [-0.39, 0.29) is 0 Å². The van der Waals surface area contributed by atoms with Crippen LogP contribution in [-0.4, -0.2) is 18.1 Å². The van der Waals surface area contributed by atoms with Gasteiger partial charge in [0.2, 0.25) is 0 Å². The molecule has 37 heavy (non-hydrogen) atoms. The Morgan fingerprint density at radius 2 is 1.54 bits per heavy atom. The molecule has 0 amide bonds. The average Bonchev–Trinajstić information content (AvgIpc) is 3.61. The molecule has 2 N–H and O–H groups in total. The summed E-state index contributed by atoms with van der Waals surface area (Å²) in [7, 11) is 0. The number of aromatic nitrogens is 1. The Morgan fingerprint density at radius 3 is 2.16 bits per heavy atom. The molecule has 3 nitrogen and oxygen atoms in total. The molecule has 0 aliphatic heterocycles. The second kappa shape index (κ2) is 11.3. The van der Waals surface area contributed by atoms with E-state index in [1.165, 1.54) is 51.4 Å². The van der Waals surface area contributed by atoms with E-state index >= 15 is 0 Å². The molecule has 0 bridgehead atoms. The fourth-order valence-electron chi connectivity index (χ4n) is 6.76. The summed E-state index contributed by atoms with van der Waals surface area (Å²) in [5.74, 6) is 7.40. The van der Waals surface area contributed by atoms with Gasteiger partial charge in [0.05, 0.1) is 6.61 Å². The normalized spacial score (nSPS) is 17.8. The summed E-state index contributed by atoms with van der Waals surface area (Å²) in [5, 5.41) is 0.729. The van der Waals surface area contributed by atoms with Gasteiger partial charge in [0.25, 0.3) is 0 Å². The molecule has 0 spiro atoms. The molecule has 2 aliphatic rings. The quantitative estimate of drug-likeness (QED) is 0.326. The van der Waals surface area contributed by atoms with Crippen LogP contribution in [0, 0.1) is 29.6 Å². The van der Waals surface area contributed by atoms with Crippen molar-refractivity contribution < 1.29 is 4.74 Å². The van der Waals surface area contributed by atoms with Crippen molar-refractivity contribution in [2.75, 3.05) is 13.2 Å². The molecule has 1 aromatic heterocycles. The first-order valence-electron chi connectivity index (χ1n) is 13.7. The largest absolute Gasteiger partial charge is 0.493 e. The van der Waals surface area contributed by atoms with Gasteiger partial charge in [-0.1, -0.05) is 61.4 Å². The molecule has 2 aliphatic carbocycles. The number of nitrogens with zero attached hydrogens (tertiary/aromatic N) is 1. The topological polar surface area (TPSA) is 48.1 Å². The van der Waals surface area contributed by atoms with E-state index in [1.54, 1.807) is 0 Å². The molecule has 192 valence electrons. The highest BCUT2D eigenvalue weighted by Crippen LogP contribution is 2.60. The number of aryl methyl sites for hydroxylation is 1. The summed E-state index contributed by atoms with van der Waals surface area (Å²) in [5.41, 5.74) is 12.1. The van der Waals surface area contributed by atoms with Crippen molar-refractivity contribution in [3.05, 3.63) is 82.6 Å². The van der Waals surface area contributed by atoms with E-state index < -0.39 is 0 Å². The first-order valence-corrected chi connectivity index (χ1v) is 14.1. The lowest BCUT2D eigenvalue weighted by Crippen LogP contribution is -2.44. The highest BCUT2D eigenvalue weighted by Gasteiger charge is 2.52. The van der Waals surface area contributed by atoms with Crippen LogP contribution in [0.4, 0.5) is 0 Å². The van der Waals surface area contributed by atoms with E-state index in [9.17, 15) is 0 Å². The van der Waals surface area contributed by atoms with E-state index in [1.807, 2.05) is 48.7 Å². The van der Waals surface area contributed by atoms with Crippen molar-refractivity contribution in [3.63, 3.8) is 0 Å². The highest BCUT2D eigenvalue weighted by molar-refractivity contribution is 6.30. The van der Waals surface area contributed by atoms with Gasteiger partial charge in [0.1, 0.15) is 11.4 Å². The molecule has 2 fully saturated rings. The number of halogens is 1. The van der Waals surface area contributed by atoms with Crippen molar-refractivity contribution >= 4 is 11.6 Å². The van der Waals surface area contributed by atoms with E-state index in [0.717, 1.165) is 58.3 Å². The third-order valence-corrected chi connectivity index (χ3v) is 9.18. The van der Waals surface area contributed by atoms with E-state index in [0.29, 0.717) is 10.8 Å². The number of benzene rings is 2. The number of pyridine rings is 1. The van der Waals surface area contributed by atoms with Crippen LogP contribution in [0.5, 0.6) is 5.75 Å². The van der Waals surface area contributed by atoms with Gasteiger partial charge in [0, 0.05) is 22.3 Å². The van der Waals surface area contributed by atoms with Crippen LogP contribution in [0.15, 0.2) is 60.8 Å². The first kappa shape index (κ1) is 25.8. The zero-order chi connectivity index (χ0) is 25.7. The van der Waals surface area contributed by atoms with Crippen LogP contribution < -0.4 is 10.5 Å². The highest BCUT2D eigenvalue weighted by atomic mass is 35.5. The van der Waals surface area contributed by atoms with Gasteiger partial charge >= 0.3 is 0 Å². The molecule has 4 heteroatoms. The van der Waals surface area contributed by atoms with E-state index in [2.05, 4.69) is 35.9 Å². The Bertz CT molecular complexity index is 1260. The van der Waals surface area contributed by atoms with Crippen molar-refractivity contribution in [1.82, 2.24) is 4.98 Å². The Hall–Kier alpha value is -2.80.